The lowest BCUT2D eigenvalue weighted by atomic mass is 10.3. The molecule has 0 spiro atoms. The number of aliphatic hydroxyl groups excluding tert-OH is 1. The maximum absolute atomic E-state index is 11.3. The molecule has 0 aliphatic rings. The summed E-state index contributed by atoms with van der Waals surface area (Å²) in [5, 5.41) is 11.5. The van der Waals surface area contributed by atoms with Gasteiger partial charge >= 0.3 is 0 Å². The van der Waals surface area contributed by atoms with E-state index in [1.165, 1.54) is 6.20 Å². The summed E-state index contributed by atoms with van der Waals surface area (Å²) in [6.45, 7) is 1.87. The first kappa shape index (κ1) is 9.73. The summed E-state index contributed by atoms with van der Waals surface area (Å²) in [5.41, 5.74) is 0.487. The maximum atomic E-state index is 11.3. The highest BCUT2D eigenvalue weighted by atomic mass is 16.3. The summed E-state index contributed by atoms with van der Waals surface area (Å²) in [6.07, 6.45) is 2.51. The number of nitrogens with zero attached hydrogens (tertiary/aromatic N) is 2. The van der Waals surface area contributed by atoms with Crippen molar-refractivity contribution in [2.24, 2.45) is 7.05 Å². The van der Waals surface area contributed by atoms with Gasteiger partial charge in [0.25, 0.3) is 5.91 Å². The van der Waals surface area contributed by atoms with Crippen LogP contribution in [0.1, 0.15) is 17.4 Å². The molecular weight excluding hydrogens is 170 g/mol. The molecule has 1 rings (SSSR count). The number of aliphatic hydroxyl groups is 1. The second kappa shape index (κ2) is 4.04. The topological polar surface area (TPSA) is 67.2 Å². The van der Waals surface area contributed by atoms with E-state index in [9.17, 15) is 4.79 Å². The molecule has 72 valence electrons. The molecule has 0 aliphatic heterocycles. The summed E-state index contributed by atoms with van der Waals surface area (Å²) in [6, 6.07) is 0. The number of rotatable bonds is 3. The molecule has 5 heteroatoms. The van der Waals surface area contributed by atoms with Crippen LogP contribution in [0, 0.1) is 0 Å². The van der Waals surface area contributed by atoms with Crippen molar-refractivity contribution in [2.45, 2.75) is 13.0 Å². The van der Waals surface area contributed by atoms with Gasteiger partial charge in [0.05, 0.1) is 18.6 Å². The molecule has 0 aromatic carbocycles. The van der Waals surface area contributed by atoms with E-state index in [4.69, 9.17) is 5.11 Å². The fourth-order valence-electron chi connectivity index (χ4n) is 0.907. The Kier molecular flexibility index (Phi) is 3.02. The zero-order chi connectivity index (χ0) is 9.84. The Morgan fingerprint density at radius 3 is 3.00 bits per heavy atom. The Hall–Kier alpha value is -1.36. The van der Waals surface area contributed by atoms with Crippen LogP contribution in [0.25, 0.3) is 0 Å². The van der Waals surface area contributed by atoms with E-state index >= 15 is 0 Å². The molecule has 2 N–H and O–H groups in total. The van der Waals surface area contributed by atoms with E-state index in [1.54, 1.807) is 24.9 Å². The minimum absolute atomic E-state index is 0.221. The Morgan fingerprint density at radius 1 is 1.85 bits per heavy atom. The predicted octanol–water partition coefficient (Wildman–Crippen LogP) is -0.469. The third-order valence-corrected chi connectivity index (χ3v) is 1.61. The lowest BCUT2D eigenvalue weighted by Crippen LogP contribution is -2.31. The number of hydrogen-bond donors (Lipinski definition) is 2. The van der Waals surface area contributed by atoms with Crippen LogP contribution in [0.15, 0.2) is 12.5 Å². The third kappa shape index (κ3) is 2.55. The lowest BCUT2D eigenvalue weighted by Gasteiger charge is -2.06. The Labute approximate surface area is 76.4 Å². The summed E-state index contributed by atoms with van der Waals surface area (Å²) in [7, 11) is 1.74. The largest absolute Gasteiger partial charge is 0.392 e. The van der Waals surface area contributed by atoms with Crippen LogP contribution in [-0.2, 0) is 7.05 Å². The van der Waals surface area contributed by atoms with Gasteiger partial charge in [-0.2, -0.15) is 0 Å². The quantitative estimate of drug-likeness (QED) is 0.665. The van der Waals surface area contributed by atoms with E-state index in [2.05, 4.69) is 10.3 Å². The van der Waals surface area contributed by atoms with Crippen LogP contribution in [0.5, 0.6) is 0 Å². The van der Waals surface area contributed by atoms with Gasteiger partial charge in [0.2, 0.25) is 0 Å². The minimum Gasteiger partial charge on any atom is -0.392 e. The van der Waals surface area contributed by atoms with Gasteiger partial charge in [0, 0.05) is 13.6 Å². The maximum Gasteiger partial charge on any atom is 0.269 e. The Balaban J connectivity index is 2.54. The van der Waals surface area contributed by atoms with Gasteiger partial charge in [-0.15, -0.1) is 0 Å². The average Bonchev–Trinajstić information content (AvgIpc) is 2.47. The van der Waals surface area contributed by atoms with Crippen molar-refractivity contribution in [1.29, 1.82) is 0 Å². The first-order chi connectivity index (χ1) is 6.11. The van der Waals surface area contributed by atoms with Gasteiger partial charge in [-0.3, -0.25) is 4.79 Å². The molecule has 1 aromatic rings. The normalized spacial score (nSPS) is 12.5. The SMILES string of the molecule is C[C@@H](O)CNC(=O)c1cncn1C. The van der Waals surface area contributed by atoms with Gasteiger partial charge in [0.15, 0.2) is 0 Å². The molecule has 0 radical (unpaired) electrons. The number of amides is 1. The number of carbonyl (C=O) groups excluding carboxylic acids is 1. The van der Waals surface area contributed by atoms with Gasteiger partial charge in [-0.05, 0) is 6.92 Å². The van der Waals surface area contributed by atoms with E-state index in [0.29, 0.717) is 5.69 Å². The van der Waals surface area contributed by atoms with Gasteiger partial charge < -0.3 is 15.0 Å². The highest BCUT2D eigenvalue weighted by Crippen LogP contribution is 1.95. The van der Waals surface area contributed by atoms with Crippen molar-refractivity contribution in [1.82, 2.24) is 14.9 Å². The second-order valence-corrected chi connectivity index (χ2v) is 2.95. The molecule has 0 saturated heterocycles. The molecule has 1 aromatic heterocycles. The molecular formula is C8H13N3O2. The van der Waals surface area contributed by atoms with Crippen molar-refractivity contribution in [3.63, 3.8) is 0 Å². The van der Waals surface area contributed by atoms with Crippen molar-refractivity contribution < 1.29 is 9.90 Å². The Morgan fingerprint density at radius 2 is 2.54 bits per heavy atom. The van der Waals surface area contributed by atoms with Crippen LogP contribution in [0.2, 0.25) is 0 Å². The van der Waals surface area contributed by atoms with Crippen LogP contribution < -0.4 is 5.32 Å². The second-order valence-electron chi connectivity index (χ2n) is 2.95. The number of carbonyl (C=O) groups is 1. The molecule has 1 heterocycles. The van der Waals surface area contributed by atoms with E-state index < -0.39 is 6.10 Å². The molecule has 5 nitrogen and oxygen atoms in total. The van der Waals surface area contributed by atoms with Gasteiger partial charge in [-0.1, -0.05) is 0 Å². The fourth-order valence-corrected chi connectivity index (χ4v) is 0.907. The van der Waals surface area contributed by atoms with Crippen molar-refractivity contribution >= 4 is 5.91 Å². The van der Waals surface area contributed by atoms with Crippen molar-refractivity contribution in [2.75, 3.05) is 6.54 Å². The molecule has 0 saturated carbocycles. The first-order valence-electron chi connectivity index (χ1n) is 4.04. The Bertz CT molecular complexity index is 293. The smallest absolute Gasteiger partial charge is 0.269 e. The van der Waals surface area contributed by atoms with Crippen LogP contribution >= 0.6 is 0 Å². The monoisotopic (exact) mass is 183 g/mol. The molecule has 1 atom stereocenters. The first-order valence-corrected chi connectivity index (χ1v) is 4.04. The summed E-state index contributed by atoms with van der Waals surface area (Å²) >= 11 is 0. The van der Waals surface area contributed by atoms with Crippen molar-refractivity contribution in [3.8, 4) is 0 Å². The fraction of sp³-hybridized carbons (Fsp3) is 0.500. The third-order valence-electron chi connectivity index (χ3n) is 1.61. The molecule has 1 amide bonds. The van der Waals surface area contributed by atoms with Gasteiger partial charge in [-0.25, -0.2) is 4.98 Å². The van der Waals surface area contributed by atoms with Gasteiger partial charge in [0.1, 0.15) is 5.69 Å². The molecule has 0 aliphatic carbocycles. The molecule has 0 fully saturated rings. The summed E-state index contributed by atoms with van der Waals surface area (Å²) in [4.78, 5) is 15.2. The number of hydrogen-bond acceptors (Lipinski definition) is 3. The molecule has 0 bridgehead atoms. The highest BCUT2D eigenvalue weighted by Gasteiger charge is 2.09. The van der Waals surface area contributed by atoms with E-state index in [-0.39, 0.29) is 12.5 Å². The van der Waals surface area contributed by atoms with Crippen LogP contribution in [0.4, 0.5) is 0 Å². The van der Waals surface area contributed by atoms with Crippen molar-refractivity contribution in [3.05, 3.63) is 18.2 Å². The number of nitrogens with one attached hydrogen (secondary N) is 1. The number of imidazole rings is 1. The lowest BCUT2D eigenvalue weighted by molar-refractivity contribution is 0.0916. The molecule has 13 heavy (non-hydrogen) atoms. The highest BCUT2D eigenvalue weighted by molar-refractivity contribution is 5.92. The standard InChI is InChI=1S/C8H13N3O2/c1-6(12)3-10-8(13)7-4-9-5-11(7)2/h4-6,12H,3H2,1-2H3,(H,10,13)/t6-/m1/s1. The zero-order valence-electron chi connectivity index (χ0n) is 7.69. The van der Waals surface area contributed by atoms with E-state index in [1.807, 2.05) is 0 Å². The molecule has 0 unspecified atom stereocenters. The van der Waals surface area contributed by atoms with Crippen LogP contribution in [-0.4, -0.2) is 33.2 Å². The zero-order valence-corrected chi connectivity index (χ0v) is 7.69. The predicted molar refractivity (Wildman–Crippen MR) is 47.2 cm³/mol. The van der Waals surface area contributed by atoms with E-state index in [0.717, 1.165) is 0 Å². The van der Waals surface area contributed by atoms with Crippen LogP contribution in [0.3, 0.4) is 0 Å². The average molecular weight is 183 g/mol. The number of aromatic nitrogens is 2. The minimum atomic E-state index is -0.530. The summed E-state index contributed by atoms with van der Waals surface area (Å²) in [5.74, 6) is -0.221. The summed E-state index contributed by atoms with van der Waals surface area (Å²) < 4.78 is 1.62. The number of aryl methyl sites for hydroxylation is 1.